The van der Waals surface area contributed by atoms with Gasteiger partial charge in [-0.15, -0.1) is 0 Å². The Morgan fingerprint density at radius 1 is 1.19 bits per heavy atom. The summed E-state index contributed by atoms with van der Waals surface area (Å²) < 4.78 is 32.9. The Kier molecular flexibility index (Phi) is 8.18. The first-order chi connectivity index (χ1) is 12.9. The van der Waals surface area contributed by atoms with Crippen molar-refractivity contribution in [3.8, 4) is 5.75 Å². The molecule has 152 valence electrons. The Morgan fingerprint density at radius 2 is 1.89 bits per heavy atom. The Morgan fingerprint density at radius 3 is 2.52 bits per heavy atom. The minimum atomic E-state index is -2.97. The van der Waals surface area contributed by atoms with Crippen molar-refractivity contribution < 1.29 is 17.9 Å². The van der Waals surface area contributed by atoms with Crippen LogP contribution in [0.25, 0.3) is 0 Å². The molecule has 0 saturated carbocycles. The van der Waals surface area contributed by atoms with Crippen LogP contribution in [0.5, 0.6) is 5.75 Å². The second-order valence-corrected chi connectivity index (χ2v) is 8.62. The number of rotatable bonds is 8. The maximum absolute atomic E-state index is 11.1. The lowest BCUT2D eigenvalue weighted by molar-refractivity contribution is 0.153. The van der Waals surface area contributed by atoms with Gasteiger partial charge in [0.05, 0.1) is 31.8 Å². The molecule has 27 heavy (non-hydrogen) atoms. The summed E-state index contributed by atoms with van der Waals surface area (Å²) in [5, 5.41) is 3.27. The van der Waals surface area contributed by atoms with E-state index in [4.69, 9.17) is 9.47 Å². The number of guanidine groups is 1. The van der Waals surface area contributed by atoms with Crippen molar-refractivity contribution in [3.05, 3.63) is 24.3 Å². The predicted octanol–water partition coefficient (Wildman–Crippen LogP) is 0.454. The molecule has 1 heterocycles. The van der Waals surface area contributed by atoms with Crippen LogP contribution in [0.4, 0.5) is 5.69 Å². The van der Waals surface area contributed by atoms with Gasteiger partial charge in [-0.05, 0) is 12.1 Å². The van der Waals surface area contributed by atoms with Gasteiger partial charge in [0.25, 0.3) is 0 Å². The summed E-state index contributed by atoms with van der Waals surface area (Å²) >= 11 is 0. The van der Waals surface area contributed by atoms with Gasteiger partial charge in [0.2, 0.25) is 0 Å². The zero-order chi connectivity index (χ0) is 19.7. The van der Waals surface area contributed by atoms with E-state index in [1.165, 1.54) is 6.26 Å². The van der Waals surface area contributed by atoms with E-state index in [2.05, 4.69) is 26.2 Å². The molecule has 1 aliphatic heterocycles. The Balaban J connectivity index is 1.75. The fraction of sp³-hybridized carbons (Fsp3) is 0.611. The van der Waals surface area contributed by atoms with Crippen molar-refractivity contribution in [2.75, 3.05) is 77.0 Å². The molecule has 9 heteroatoms. The third kappa shape index (κ3) is 6.91. The molecule has 1 aromatic rings. The summed E-state index contributed by atoms with van der Waals surface area (Å²) in [5.74, 6) is 1.77. The standard InChI is InChI=1S/C18H30N4O4S/c1-19-18(20-8-13-26-14-15-27(3,23)24)22-11-9-21(10-12-22)16-6-4-5-7-17(16)25-2/h4-7H,8-15H2,1-3H3,(H,19,20). The van der Waals surface area contributed by atoms with Gasteiger partial charge in [0, 0.05) is 46.0 Å². The van der Waals surface area contributed by atoms with Gasteiger partial charge >= 0.3 is 0 Å². The molecule has 8 nitrogen and oxygen atoms in total. The van der Waals surface area contributed by atoms with Crippen molar-refractivity contribution in [1.29, 1.82) is 0 Å². The molecular formula is C18H30N4O4S. The number of anilines is 1. The first-order valence-corrected chi connectivity index (χ1v) is 11.1. The number of aliphatic imine (C=N–C) groups is 1. The molecule has 0 atom stereocenters. The minimum absolute atomic E-state index is 0.0482. The summed E-state index contributed by atoms with van der Waals surface area (Å²) in [6.45, 7) is 4.72. The molecule has 0 bridgehead atoms. The smallest absolute Gasteiger partial charge is 0.193 e. The quantitative estimate of drug-likeness (QED) is 0.387. The van der Waals surface area contributed by atoms with E-state index in [0.29, 0.717) is 13.2 Å². The van der Waals surface area contributed by atoms with Crippen LogP contribution in [0.1, 0.15) is 0 Å². The predicted molar refractivity (Wildman–Crippen MR) is 109 cm³/mol. The highest BCUT2D eigenvalue weighted by Gasteiger charge is 2.21. The van der Waals surface area contributed by atoms with E-state index < -0.39 is 9.84 Å². The third-order valence-electron chi connectivity index (χ3n) is 4.34. The van der Waals surface area contributed by atoms with Gasteiger partial charge in [-0.3, -0.25) is 4.99 Å². The fourth-order valence-electron chi connectivity index (χ4n) is 2.93. The largest absolute Gasteiger partial charge is 0.495 e. The average Bonchev–Trinajstić information content (AvgIpc) is 2.67. The van der Waals surface area contributed by atoms with Crippen molar-refractivity contribution in [3.63, 3.8) is 0 Å². The number of sulfone groups is 1. The van der Waals surface area contributed by atoms with E-state index in [1.54, 1.807) is 14.2 Å². The zero-order valence-electron chi connectivity index (χ0n) is 16.3. The summed E-state index contributed by atoms with van der Waals surface area (Å²) in [6.07, 6.45) is 1.21. The molecule has 2 rings (SSSR count). The number of ether oxygens (including phenoxy) is 2. The van der Waals surface area contributed by atoms with Crippen molar-refractivity contribution in [2.24, 2.45) is 4.99 Å². The second-order valence-electron chi connectivity index (χ2n) is 6.36. The number of nitrogens with one attached hydrogen (secondary N) is 1. The van der Waals surface area contributed by atoms with Gasteiger partial charge in [0.15, 0.2) is 5.96 Å². The van der Waals surface area contributed by atoms with E-state index in [-0.39, 0.29) is 12.4 Å². The lowest BCUT2D eigenvalue weighted by Crippen LogP contribution is -2.53. The number of methoxy groups -OCH3 is 1. The first-order valence-electron chi connectivity index (χ1n) is 9.03. The highest BCUT2D eigenvalue weighted by Crippen LogP contribution is 2.28. The monoisotopic (exact) mass is 398 g/mol. The number of piperazine rings is 1. The van der Waals surface area contributed by atoms with E-state index in [9.17, 15) is 8.42 Å². The molecule has 0 aliphatic carbocycles. The molecule has 1 N–H and O–H groups in total. The summed E-state index contributed by atoms with van der Waals surface area (Å²) in [7, 11) is 0.483. The maximum atomic E-state index is 11.1. The van der Waals surface area contributed by atoms with Crippen molar-refractivity contribution >= 4 is 21.5 Å². The molecule has 0 amide bonds. The van der Waals surface area contributed by atoms with Crippen LogP contribution in [0.2, 0.25) is 0 Å². The molecule has 0 unspecified atom stereocenters. The molecule has 0 spiro atoms. The van der Waals surface area contributed by atoms with Crippen LogP contribution in [0, 0.1) is 0 Å². The third-order valence-corrected chi connectivity index (χ3v) is 5.25. The van der Waals surface area contributed by atoms with Crippen LogP contribution in [0.15, 0.2) is 29.3 Å². The van der Waals surface area contributed by atoms with Crippen LogP contribution in [0.3, 0.4) is 0 Å². The normalized spacial score (nSPS) is 15.7. The fourth-order valence-corrected chi connectivity index (χ4v) is 3.35. The summed E-state index contributed by atoms with van der Waals surface area (Å²) in [5.41, 5.74) is 1.11. The summed E-state index contributed by atoms with van der Waals surface area (Å²) in [6, 6.07) is 8.05. The number of nitrogens with zero attached hydrogens (tertiary/aromatic N) is 3. The first kappa shape index (κ1) is 21.3. The van der Waals surface area contributed by atoms with Crippen LogP contribution >= 0.6 is 0 Å². The van der Waals surface area contributed by atoms with Gasteiger partial charge in [0.1, 0.15) is 15.6 Å². The number of para-hydroxylation sites is 2. The minimum Gasteiger partial charge on any atom is -0.495 e. The van der Waals surface area contributed by atoms with Crippen LogP contribution in [-0.2, 0) is 14.6 Å². The van der Waals surface area contributed by atoms with Crippen molar-refractivity contribution in [2.45, 2.75) is 0 Å². The Labute approximate surface area is 162 Å². The highest BCUT2D eigenvalue weighted by atomic mass is 32.2. The molecule has 1 saturated heterocycles. The Hall–Kier alpha value is -2.00. The van der Waals surface area contributed by atoms with E-state index >= 15 is 0 Å². The van der Waals surface area contributed by atoms with E-state index in [1.807, 2.05) is 18.2 Å². The highest BCUT2D eigenvalue weighted by molar-refractivity contribution is 7.90. The topological polar surface area (TPSA) is 83.5 Å². The SMILES string of the molecule is CN=C(NCCOCCS(C)(=O)=O)N1CCN(c2ccccc2OC)CC1. The molecule has 1 fully saturated rings. The van der Waals surface area contributed by atoms with Gasteiger partial charge in [-0.1, -0.05) is 12.1 Å². The molecule has 0 radical (unpaired) electrons. The van der Waals surface area contributed by atoms with Crippen LogP contribution in [-0.4, -0.2) is 91.4 Å². The van der Waals surface area contributed by atoms with Gasteiger partial charge in [-0.2, -0.15) is 0 Å². The molecule has 1 aromatic carbocycles. The zero-order valence-corrected chi connectivity index (χ0v) is 17.2. The van der Waals surface area contributed by atoms with Crippen LogP contribution < -0.4 is 15.0 Å². The maximum Gasteiger partial charge on any atom is 0.193 e. The Bertz CT molecular complexity index is 716. The molecule has 0 aromatic heterocycles. The lowest BCUT2D eigenvalue weighted by atomic mass is 10.2. The summed E-state index contributed by atoms with van der Waals surface area (Å²) in [4.78, 5) is 8.86. The second kappa shape index (κ2) is 10.4. The number of benzene rings is 1. The number of hydrogen-bond donors (Lipinski definition) is 1. The molecule has 1 aliphatic rings. The average molecular weight is 399 g/mol. The van der Waals surface area contributed by atoms with Crippen molar-refractivity contribution in [1.82, 2.24) is 10.2 Å². The van der Waals surface area contributed by atoms with Gasteiger partial charge < -0.3 is 24.6 Å². The van der Waals surface area contributed by atoms with Gasteiger partial charge in [-0.25, -0.2) is 8.42 Å². The number of hydrogen-bond acceptors (Lipinski definition) is 6. The lowest BCUT2D eigenvalue weighted by Gasteiger charge is -2.38. The van der Waals surface area contributed by atoms with E-state index in [0.717, 1.165) is 43.6 Å². The molecular weight excluding hydrogens is 368 g/mol.